The molecule has 2 aromatic heterocycles. The van der Waals surface area contributed by atoms with E-state index in [-0.39, 0.29) is 41.8 Å². The van der Waals surface area contributed by atoms with Gasteiger partial charge in [0.1, 0.15) is 17.4 Å². The second-order valence-corrected chi connectivity index (χ2v) is 10.7. The summed E-state index contributed by atoms with van der Waals surface area (Å²) in [5.41, 5.74) is 7.23. The first-order valence-electron chi connectivity index (χ1n) is 14.7. The molecule has 1 aliphatic heterocycles. The Labute approximate surface area is 260 Å². The standard InChI is InChI=1S/C29H39ClN8O6/c1-4-37-22-7-6-21(43-17-25(40)34-20-8-10-36(11-9-20)12-13-42-5-2)14-23(22)38(19(3)44-18-39)26(37)16-33-29(41)27-28(31)32-15-24(30)35-27/h6-7,14-15,18-20H,4-5,8-13,16-17H2,1-3H3,(H3-,31,32,33,34,40,41)/p+1. The Morgan fingerprint density at radius 3 is 2.75 bits per heavy atom. The first-order chi connectivity index (χ1) is 21.2. The van der Waals surface area contributed by atoms with Crippen LogP contribution in [-0.4, -0.2) is 83.2 Å². The largest absolute Gasteiger partial charge is 0.484 e. The fourth-order valence-corrected chi connectivity index (χ4v) is 5.48. The molecule has 0 spiro atoms. The number of nitrogens with one attached hydrogen (secondary N) is 2. The Morgan fingerprint density at radius 2 is 2.05 bits per heavy atom. The molecule has 0 saturated carbocycles. The Balaban J connectivity index is 1.46. The average molecular weight is 632 g/mol. The molecular formula is C29H40ClN8O6+. The zero-order valence-electron chi connectivity index (χ0n) is 25.3. The van der Waals surface area contributed by atoms with Gasteiger partial charge in [-0.1, -0.05) is 11.6 Å². The third-order valence-corrected chi connectivity index (χ3v) is 7.67. The van der Waals surface area contributed by atoms with Crippen molar-refractivity contribution in [3.05, 3.63) is 41.1 Å². The topological polar surface area (TPSA) is 167 Å². The highest BCUT2D eigenvalue weighted by atomic mass is 35.5. The Bertz CT molecular complexity index is 1460. The predicted octanol–water partition coefficient (Wildman–Crippen LogP) is 1.59. The summed E-state index contributed by atoms with van der Waals surface area (Å²) in [4.78, 5) is 47.1. The molecule has 0 bridgehead atoms. The summed E-state index contributed by atoms with van der Waals surface area (Å²) in [5.74, 6) is 0.299. The van der Waals surface area contributed by atoms with E-state index in [0.717, 1.165) is 44.6 Å². The normalized spacial score (nSPS) is 14.7. The number of hydrogen-bond acceptors (Lipinski definition) is 10. The lowest BCUT2D eigenvalue weighted by molar-refractivity contribution is -0.677. The van der Waals surface area contributed by atoms with E-state index in [4.69, 9.17) is 31.5 Å². The lowest BCUT2D eigenvalue weighted by atomic mass is 10.1. The van der Waals surface area contributed by atoms with Crippen LogP contribution in [0.25, 0.3) is 11.0 Å². The Kier molecular flexibility index (Phi) is 11.7. The van der Waals surface area contributed by atoms with E-state index in [1.54, 1.807) is 23.6 Å². The van der Waals surface area contributed by atoms with Crippen molar-refractivity contribution < 1.29 is 33.2 Å². The number of carbonyl (C=O) groups is 3. The number of amides is 2. The van der Waals surface area contributed by atoms with Gasteiger partial charge in [0.25, 0.3) is 24.1 Å². The number of ether oxygens (including phenoxy) is 3. The summed E-state index contributed by atoms with van der Waals surface area (Å²) >= 11 is 5.90. The van der Waals surface area contributed by atoms with Gasteiger partial charge < -0.3 is 35.5 Å². The minimum atomic E-state index is -0.719. The molecule has 0 radical (unpaired) electrons. The maximum Gasteiger partial charge on any atom is 0.296 e. The highest BCUT2D eigenvalue weighted by Crippen LogP contribution is 2.25. The molecule has 1 saturated heterocycles. The van der Waals surface area contributed by atoms with Crippen molar-refractivity contribution in [2.45, 2.75) is 59.0 Å². The highest BCUT2D eigenvalue weighted by molar-refractivity contribution is 6.29. The highest BCUT2D eigenvalue weighted by Gasteiger charge is 2.30. The number of halogens is 1. The molecule has 238 valence electrons. The van der Waals surface area contributed by atoms with Crippen LogP contribution in [0, 0.1) is 0 Å². The number of nitrogen functional groups attached to an aromatic ring is 1. The van der Waals surface area contributed by atoms with Gasteiger partial charge in [-0.3, -0.25) is 14.4 Å². The first-order valence-corrected chi connectivity index (χ1v) is 15.1. The minimum absolute atomic E-state index is 0.0371. The first kappa shape index (κ1) is 32.9. The molecule has 1 fully saturated rings. The number of imidazole rings is 1. The van der Waals surface area contributed by atoms with Crippen LogP contribution in [0.3, 0.4) is 0 Å². The number of aryl methyl sites for hydroxylation is 1. The molecule has 1 aliphatic rings. The lowest BCUT2D eigenvalue weighted by Crippen LogP contribution is -2.46. The van der Waals surface area contributed by atoms with Crippen molar-refractivity contribution >= 4 is 46.7 Å². The van der Waals surface area contributed by atoms with Gasteiger partial charge in [0.05, 0.1) is 19.3 Å². The fourth-order valence-electron chi connectivity index (χ4n) is 5.35. The van der Waals surface area contributed by atoms with Crippen LogP contribution < -0.4 is 25.7 Å². The molecule has 2 amide bonds. The molecule has 1 aromatic carbocycles. The summed E-state index contributed by atoms with van der Waals surface area (Å²) in [6, 6.07) is 5.52. The molecule has 4 rings (SSSR count). The van der Waals surface area contributed by atoms with E-state index in [0.29, 0.717) is 36.7 Å². The lowest BCUT2D eigenvalue weighted by Gasteiger charge is -2.32. The number of hydrogen-bond donors (Lipinski definition) is 3. The van der Waals surface area contributed by atoms with E-state index in [2.05, 4.69) is 25.5 Å². The number of anilines is 1. The number of nitrogens with zero attached hydrogens (tertiary/aromatic N) is 5. The summed E-state index contributed by atoms with van der Waals surface area (Å²) in [5, 5.41) is 5.92. The number of nitrogens with two attached hydrogens (primary N) is 1. The Hall–Kier alpha value is -4.01. The number of benzene rings is 1. The number of fused-ring (bicyclic) bond motifs is 1. The minimum Gasteiger partial charge on any atom is -0.484 e. The fraction of sp³-hybridized carbons (Fsp3) is 0.517. The number of likely N-dealkylation sites (tertiary alicyclic amines) is 1. The number of aromatic nitrogens is 4. The average Bonchev–Trinajstić information content (AvgIpc) is 3.33. The van der Waals surface area contributed by atoms with E-state index in [1.807, 2.05) is 24.5 Å². The second kappa shape index (κ2) is 15.6. The Morgan fingerprint density at radius 1 is 1.27 bits per heavy atom. The van der Waals surface area contributed by atoms with Crippen LogP contribution >= 0.6 is 11.6 Å². The van der Waals surface area contributed by atoms with Crippen molar-refractivity contribution in [2.24, 2.45) is 0 Å². The van der Waals surface area contributed by atoms with Crippen LogP contribution in [0.1, 0.15) is 56.2 Å². The van der Waals surface area contributed by atoms with Crippen molar-refractivity contribution in [2.75, 3.05) is 45.2 Å². The number of piperidine rings is 1. The molecule has 3 heterocycles. The summed E-state index contributed by atoms with van der Waals surface area (Å²) in [6.07, 6.45) is 2.29. The zero-order chi connectivity index (χ0) is 31.6. The SMILES string of the molecule is CCOCCN1CCC(NC(=O)COc2ccc3c(c2)n(C(C)OC=O)c(CNC(=O)c2nc(Cl)cnc2N)[n+]3CC)CC1. The van der Waals surface area contributed by atoms with Crippen LogP contribution in [0.2, 0.25) is 5.15 Å². The van der Waals surface area contributed by atoms with E-state index >= 15 is 0 Å². The van der Waals surface area contributed by atoms with Gasteiger partial charge in [0, 0.05) is 45.3 Å². The summed E-state index contributed by atoms with van der Waals surface area (Å²) in [6.45, 7) is 10.6. The van der Waals surface area contributed by atoms with Crippen LogP contribution in [0.4, 0.5) is 5.82 Å². The second-order valence-electron chi connectivity index (χ2n) is 10.3. The number of rotatable bonds is 15. The van der Waals surface area contributed by atoms with Crippen LogP contribution in [-0.2, 0) is 32.2 Å². The smallest absolute Gasteiger partial charge is 0.296 e. The third kappa shape index (κ3) is 8.12. The number of carbonyl (C=O) groups excluding carboxylic acids is 3. The molecule has 3 aromatic rings. The van der Waals surface area contributed by atoms with Gasteiger partial charge in [-0.25, -0.2) is 14.5 Å². The van der Waals surface area contributed by atoms with Gasteiger partial charge in [-0.2, -0.15) is 4.57 Å². The van der Waals surface area contributed by atoms with Crippen LogP contribution in [0.5, 0.6) is 5.75 Å². The molecule has 1 unspecified atom stereocenters. The van der Waals surface area contributed by atoms with Gasteiger partial charge in [0.2, 0.25) is 6.23 Å². The monoisotopic (exact) mass is 631 g/mol. The van der Waals surface area contributed by atoms with Crippen LogP contribution in [0.15, 0.2) is 24.4 Å². The maximum atomic E-state index is 12.9. The van der Waals surface area contributed by atoms with Gasteiger partial charge in [-0.15, -0.1) is 0 Å². The molecule has 0 aliphatic carbocycles. The molecule has 14 nitrogen and oxygen atoms in total. The predicted molar refractivity (Wildman–Crippen MR) is 162 cm³/mol. The van der Waals surface area contributed by atoms with E-state index < -0.39 is 12.1 Å². The third-order valence-electron chi connectivity index (χ3n) is 7.49. The van der Waals surface area contributed by atoms with Gasteiger partial charge in [-0.05, 0) is 38.8 Å². The van der Waals surface area contributed by atoms with Gasteiger partial charge in [0.15, 0.2) is 29.2 Å². The van der Waals surface area contributed by atoms with E-state index in [1.165, 1.54) is 6.20 Å². The molecule has 15 heteroatoms. The van der Waals surface area contributed by atoms with Crippen molar-refractivity contribution in [3.8, 4) is 5.75 Å². The quantitative estimate of drug-likeness (QED) is 0.127. The van der Waals surface area contributed by atoms with Crippen molar-refractivity contribution in [1.29, 1.82) is 0 Å². The summed E-state index contributed by atoms with van der Waals surface area (Å²) in [7, 11) is 0. The zero-order valence-corrected chi connectivity index (χ0v) is 26.0. The van der Waals surface area contributed by atoms with Gasteiger partial charge >= 0.3 is 0 Å². The molecular weight excluding hydrogens is 592 g/mol. The molecule has 1 atom stereocenters. The van der Waals surface area contributed by atoms with E-state index in [9.17, 15) is 14.4 Å². The summed E-state index contributed by atoms with van der Waals surface area (Å²) < 4.78 is 20.4. The molecule has 4 N–H and O–H groups in total. The maximum absolute atomic E-state index is 12.9. The van der Waals surface area contributed by atoms with Crippen molar-refractivity contribution in [1.82, 2.24) is 30.1 Å². The molecule has 44 heavy (non-hydrogen) atoms. The van der Waals surface area contributed by atoms with Crippen molar-refractivity contribution in [3.63, 3.8) is 0 Å².